The predicted molar refractivity (Wildman–Crippen MR) is 85.9 cm³/mol. The largest absolute Gasteiger partial charge is 0.324 e. The summed E-state index contributed by atoms with van der Waals surface area (Å²) in [5.74, 6) is -0.211. The fraction of sp³-hybridized carbons (Fsp3) is 0.0556. The van der Waals surface area contributed by atoms with Crippen molar-refractivity contribution in [3.8, 4) is 0 Å². The number of rotatable bonds is 3. The maximum Gasteiger partial charge on any atom is 0.245 e. The number of nitrogens with two attached hydrogens (primary N) is 1. The highest BCUT2D eigenvalue weighted by Crippen LogP contribution is 2.24. The Bertz CT molecular complexity index is 763. The molecule has 0 bridgehead atoms. The molecule has 0 heterocycles. The van der Waals surface area contributed by atoms with Crippen LogP contribution in [-0.2, 0) is 4.79 Å². The zero-order chi connectivity index (χ0) is 14.7. The molecule has 104 valence electrons. The lowest BCUT2D eigenvalue weighted by Gasteiger charge is -2.14. The third-order valence-electron chi connectivity index (χ3n) is 3.49. The van der Waals surface area contributed by atoms with Crippen molar-refractivity contribution in [2.24, 2.45) is 5.73 Å². The third kappa shape index (κ3) is 2.78. The van der Waals surface area contributed by atoms with Gasteiger partial charge < -0.3 is 11.1 Å². The van der Waals surface area contributed by atoms with E-state index in [-0.39, 0.29) is 5.91 Å². The first-order valence-electron chi connectivity index (χ1n) is 6.85. The fourth-order valence-electron chi connectivity index (χ4n) is 2.36. The molecule has 0 aromatic heterocycles. The quantitative estimate of drug-likeness (QED) is 0.769. The van der Waals surface area contributed by atoms with Crippen molar-refractivity contribution in [2.75, 3.05) is 5.32 Å². The minimum atomic E-state index is -0.676. The Hall–Kier alpha value is -2.65. The number of nitrogens with one attached hydrogen (secondary N) is 1. The lowest BCUT2D eigenvalue weighted by atomic mass is 10.1. The molecule has 0 saturated carbocycles. The number of benzene rings is 3. The maximum absolute atomic E-state index is 12.3. The summed E-state index contributed by atoms with van der Waals surface area (Å²) in [7, 11) is 0. The van der Waals surface area contributed by atoms with Gasteiger partial charge in [-0.05, 0) is 17.0 Å². The standard InChI is InChI=1S/C18H16N2O/c19-17(14-8-2-1-3-9-14)18(21)20-16-12-6-10-13-7-4-5-11-15(13)16/h1-12,17H,19H2,(H,20,21). The van der Waals surface area contributed by atoms with Gasteiger partial charge in [0.25, 0.3) is 0 Å². The van der Waals surface area contributed by atoms with Crippen LogP contribution in [0.25, 0.3) is 10.8 Å². The second-order valence-corrected chi connectivity index (χ2v) is 4.90. The molecule has 1 unspecified atom stereocenters. The molecular formula is C18H16N2O. The summed E-state index contributed by atoms with van der Waals surface area (Å²) in [4.78, 5) is 12.3. The third-order valence-corrected chi connectivity index (χ3v) is 3.49. The molecule has 1 atom stereocenters. The molecule has 3 aromatic rings. The molecule has 3 N–H and O–H groups in total. The van der Waals surface area contributed by atoms with Crippen LogP contribution >= 0.6 is 0 Å². The first-order valence-corrected chi connectivity index (χ1v) is 6.85. The van der Waals surface area contributed by atoms with Crippen molar-refractivity contribution < 1.29 is 4.79 Å². The Balaban J connectivity index is 1.87. The Morgan fingerprint density at radius 1 is 0.857 bits per heavy atom. The average molecular weight is 276 g/mol. The molecule has 3 aromatic carbocycles. The molecule has 3 nitrogen and oxygen atoms in total. The van der Waals surface area contributed by atoms with Gasteiger partial charge in [0.1, 0.15) is 6.04 Å². The van der Waals surface area contributed by atoms with Gasteiger partial charge in [-0.1, -0.05) is 66.7 Å². The zero-order valence-corrected chi connectivity index (χ0v) is 11.5. The summed E-state index contributed by atoms with van der Waals surface area (Å²) in [6, 6.07) is 22.4. The van der Waals surface area contributed by atoms with E-state index in [0.29, 0.717) is 0 Å². The summed E-state index contributed by atoms with van der Waals surface area (Å²) < 4.78 is 0. The van der Waals surface area contributed by atoms with Crippen molar-refractivity contribution in [3.05, 3.63) is 78.4 Å². The van der Waals surface area contributed by atoms with Crippen molar-refractivity contribution in [3.63, 3.8) is 0 Å². The Labute approximate surface area is 123 Å². The number of carbonyl (C=O) groups is 1. The number of carbonyl (C=O) groups excluding carboxylic acids is 1. The SMILES string of the molecule is NC(C(=O)Nc1cccc2ccccc12)c1ccccc1. The van der Waals surface area contributed by atoms with E-state index in [0.717, 1.165) is 22.0 Å². The normalized spacial score (nSPS) is 12.0. The van der Waals surface area contributed by atoms with Crippen LogP contribution in [-0.4, -0.2) is 5.91 Å². The molecular weight excluding hydrogens is 260 g/mol. The highest BCUT2D eigenvalue weighted by atomic mass is 16.2. The topological polar surface area (TPSA) is 55.1 Å². The van der Waals surface area contributed by atoms with Gasteiger partial charge in [0.2, 0.25) is 5.91 Å². The molecule has 1 amide bonds. The highest BCUT2D eigenvalue weighted by molar-refractivity contribution is 6.03. The minimum absolute atomic E-state index is 0.211. The number of fused-ring (bicyclic) bond motifs is 1. The van der Waals surface area contributed by atoms with Gasteiger partial charge in [-0.15, -0.1) is 0 Å². The molecule has 0 radical (unpaired) electrons. The molecule has 3 rings (SSSR count). The summed E-state index contributed by atoms with van der Waals surface area (Å²) >= 11 is 0. The number of hydrogen-bond donors (Lipinski definition) is 2. The Kier molecular flexibility index (Phi) is 3.67. The Morgan fingerprint density at radius 2 is 1.52 bits per heavy atom. The van der Waals surface area contributed by atoms with Crippen molar-refractivity contribution in [1.29, 1.82) is 0 Å². The van der Waals surface area contributed by atoms with Gasteiger partial charge in [-0.3, -0.25) is 4.79 Å². The van der Waals surface area contributed by atoms with Crippen molar-refractivity contribution in [1.82, 2.24) is 0 Å². The van der Waals surface area contributed by atoms with E-state index in [1.54, 1.807) is 0 Å². The van der Waals surface area contributed by atoms with Gasteiger partial charge in [0.15, 0.2) is 0 Å². The first kappa shape index (κ1) is 13.3. The molecule has 3 heteroatoms. The second-order valence-electron chi connectivity index (χ2n) is 4.90. The minimum Gasteiger partial charge on any atom is -0.324 e. The van der Waals surface area contributed by atoms with Gasteiger partial charge in [0.05, 0.1) is 0 Å². The van der Waals surface area contributed by atoms with E-state index in [4.69, 9.17) is 5.73 Å². The van der Waals surface area contributed by atoms with Gasteiger partial charge in [-0.2, -0.15) is 0 Å². The van der Waals surface area contributed by atoms with E-state index < -0.39 is 6.04 Å². The van der Waals surface area contributed by atoms with Crippen LogP contribution in [0.4, 0.5) is 5.69 Å². The summed E-state index contributed by atoms with van der Waals surface area (Å²) in [6.07, 6.45) is 0. The molecule has 0 saturated heterocycles. The molecule has 0 aliphatic carbocycles. The molecule has 0 fully saturated rings. The van der Waals surface area contributed by atoms with Crippen LogP contribution in [0.3, 0.4) is 0 Å². The van der Waals surface area contributed by atoms with Crippen LogP contribution in [0.15, 0.2) is 72.8 Å². The lowest BCUT2D eigenvalue weighted by Crippen LogP contribution is -2.27. The zero-order valence-electron chi connectivity index (χ0n) is 11.5. The van der Waals surface area contributed by atoms with Crippen molar-refractivity contribution in [2.45, 2.75) is 6.04 Å². The van der Waals surface area contributed by atoms with Crippen LogP contribution in [0.1, 0.15) is 11.6 Å². The number of amides is 1. The lowest BCUT2D eigenvalue weighted by molar-refractivity contribution is -0.117. The molecule has 0 aliphatic heterocycles. The summed E-state index contributed by atoms with van der Waals surface area (Å²) in [6.45, 7) is 0. The number of anilines is 1. The van der Waals surface area contributed by atoms with E-state index in [2.05, 4.69) is 5.32 Å². The van der Waals surface area contributed by atoms with Gasteiger partial charge in [-0.25, -0.2) is 0 Å². The monoisotopic (exact) mass is 276 g/mol. The van der Waals surface area contributed by atoms with E-state index in [9.17, 15) is 4.79 Å². The highest BCUT2D eigenvalue weighted by Gasteiger charge is 2.16. The fourth-order valence-corrected chi connectivity index (χ4v) is 2.36. The molecule has 0 aliphatic rings. The maximum atomic E-state index is 12.3. The number of hydrogen-bond acceptors (Lipinski definition) is 2. The first-order chi connectivity index (χ1) is 10.3. The summed E-state index contributed by atoms with van der Waals surface area (Å²) in [5.41, 5.74) is 7.60. The second kappa shape index (κ2) is 5.77. The molecule has 21 heavy (non-hydrogen) atoms. The molecule has 0 spiro atoms. The average Bonchev–Trinajstić information content (AvgIpc) is 2.55. The Morgan fingerprint density at radius 3 is 2.33 bits per heavy atom. The van der Waals surface area contributed by atoms with Crippen LogP contribution in [0.5, 0.6) is 0 Å². The van der Waals surface area contributed by atoms with Gasteiger partial charge >= 0.3 is 0 Å². The summed E-state index contributed by atoms with van der Waals surface area (Å²) in [5, 5.41) is 5.01. The van der Waals surface area contributed by atoms with Crippen LogP contribution in [0, 0.1) is 0 Å². The van der Waals surface area contributed by atoms with Crippen LogP contribution in [0.2, 0.25) is 0 Å². The van der Waals surface area contributed by atoms with E-state index >= 15 is 0 Å². The van der Waals surface area contributed by atoms with E-state index in [1.807, 2.05) is 72.8 Å². The van der Waals surface area contributed by atoms with Gasteiger partial charge in [0, 0.05) is 11.1 Å². The van der Waals surface area contributed by atoms with Crippen LogP contribution < -0.4 is 11.1 Å². The van der Waals surface area contributed by atoms with Crippen molar-refractivity contribution >= 4 is 22.4 Å². The van der Waals surface area contributed by atoms with E-state index in [1.165, 1.54) is 0 Å². The predicted octanol–water partition coefficient (Wildman–Crippen LogP) is 3.48. The smallest absolute Gasteiger partial charge is 0.245 e.